The molecular formula is C15H25NO4S. The van der Waals surface area contributed by atoms with Crippen molar-refractivity contribution in [2.24, 2.45) is 5.41 Å². The lowest BCUT2D eigenvalue weighted by atomic mass is 9.87. The largest absolute Gasteiger partial charge is 0.495 e. The lowest BCUT2D eigenvalue weighted by molar-refractivity contribution is 0.0571. The standard InChI is InChI=1S/C15H25NO4S/c1-11-6-7-12(20-5)13(10-11)21(18,19)16-9-8-14(17)15(2,3)4/h6-7,10,14,16-17H,8-9H2,1-5H3/t14-/m0/s1. The monoisotopic (exact) mass is 315 g/mol. The van der Waals surface area contributed by atoms with E-state index in [9.17, 15) is 13.5 Å². The van der Waals surface area contributed by atoms with Crippen LogP contribution in [0.5, 0.6) is 5.75 Å². The molecule has 0 heterocycles. The van der Waals surface area contributed by atoms with E-state index in [1.807, 2.05) is 27.7 Å². The molecule has 0 bridgehead atoms. The maximum Gasteiger partial charge on any atom is 0.244 e. The summed E-state index contributed by atoms with van der Waals surface area (Å²) in [5.41, 5.74) is 0.567. The Kier molecular flexibility index (Phi) is 5.78. The molecule has 0 aromatic heterocycles. The molecule has 1 atom stereocenters. The van der Waals surface area contributed by atoms with Crippen molar-refractivity contribution < 1.29 is 18.3 Å². The molecule has 0 amide bonds. The minimum absolute atomic E-state index is 0.121. The van der Waals surface area contributed by atoms with Crippen molar-refractivity contribution in [3.05, 3.63) is 23.8 Å². The molecule has 0 saturated carbocycles. The lowest BCUT2D eigenvalue weighted by Crippen LogP contribution is -2.32. The number of aliphatic hydroxyl groups excluding tert-OH is 1. The summed E-state index contributed by atoms with van der Waals surface area (Å²) in [5.74, 6) is 0.310. The third-order valence-corrected chi connectivity index (χ3v) is 4.80. The first-order valence-electron chi connectivity index (χ1n) is 6.90. The van der Waals surface area contributed by atoms with E-state index < -0.39 is 16.1 Å². The average molecular weight is 315 g/mol. The maximum atomic E-state index is 12.3. The Balaban J connectivity index is 2.81. The molecule has 0 aliphatic rings. The Labute approximate surface area is 127 Å². The predicted octanol–water partition coefficient (Wildman–Crippen LogP) is 2.08. The molecule has 5 nitrogen and oxygen atoms in total. The van der Waals surface area contributed by atoms with Crippen molar-refractivity contribution in [1.29, 1.82) is 0 Å². The molecule has 1 aromatic rings. The second-order valence-electron chi connectivity index (χ2n) is 6.22. The zero-order valence-electron chi connectivity index (χ0n) is 13.3. The van der Waals surface area contributed by atoms with E-state index in [4.69, 9.17) is 4.74 Å². The number of aryl methyl sites for hydroxylation is 1. The van der Waals surface area contributed by atoms with Crippen molar-refractivity contribution in [3.63, 3.8) is 0 Å². The van der Waals surface area contributed by atoms with Gasteiger partial charge in [-0.1, -0.05) is 26.8 Å². The highest BCUT2D eigenvalue weighted by Gasteiger charge is 2.24. The van der Waals surface area contributed by atoms with Gasteiger partial charge in [-0.05, 0) is 36.5 Å². The Bertz CT molecular complexity index is 576. The average Bonchev–Trinajstić information content (AvgIpc) is 2.37. The van der Waals surface area contributed by atoms with Gasteiger partial charge < -0.3 is 9.84 Å². The van der Waals surface area contributed by atoms with Crippen LogP contribution in [0, 0.1) is 12.3 Å². The van der Waals surface area contributed by atoms with Gasteiger partial charge >= 0.3 is 0 Å². The molecule has 0 saturated heterocycles. The van der Waals surface area contributed by atoms with Crippen molar-refractivity contribution in [2.45, 2.75) is 45.1 Å². The van der Waals surface area contributed by atoms with Crippen molar-refractivity contribution in [2.75, 3.05) is 13.7 Å². The zero-order valence-corrected chi connectivity index (χ0v) is 14.1. The summed E-state index contributed by atoms with van der Waals surface area (Å²) < 4.78 is 32.3. The number of hydrogen-bond acceptors (Lipinski definition) is 4. The first-order chi connectivity index (χ1) is 9.58. The highest BCUT2D eigenvalue weighted by Crippen LogP contribution is 2.25. The van der Waals surface area contributed by atoms with Crippen LogP contribution in [0.3, 0.4) is 0 Å². The topological polar surface area (TPSA) is 75.6 Å². The number of rotatable bonds is 6. The number of aliphatic hydroxyl groups is 1. The van der Waals surface area contributed by atoms with Crippen LogP contribution in [0.25, 0.3) is 0 Å². The summed E-state index contributed by atoms with van der Waals surface area (Å²) in [5, 5.41) is 9.94. The molecule has 1 rings (SSSR count). The minimum atomic E-state index is -3.65. The molecule has 2 N–H and O–H groups in total. The van der Waals surface area contributed by atoms with E-state index in [0.717, 1.165) is 5.56 Å². The Hall–Kier alpha value is -1.11. The van der Waals surface area contributed by atoms with Crippen LogP contribution >= 0.6 is 0 Å². The fourth-order valence-electron chi connectivity index (χ4n) is 1.83. The van der Waals surface area contributed by atoms with Crippen LogP contribution in [0.1, 0.15) is 32.8 Å². The molecule has 0 spiro atoms. The fraction of sp³-hybridized carbons (Fsp3) is 0.600. The van der Waals surface area contributed by atoms with Gasteiger partial charge in [0.2, 0.25) is 10.0 Å². The first-order valence-corrected chi connectivity index (χ1v) is 8.38. The molecule has 0 unspecified atom stereocenters. The Morgan fingerprint density at radius 1 is 1.33 bits per heavy atom. The highest BCUT2D eigenvalue weighted by molar-refractivity contribution is 7.89. The second-order valence-corrected chi connectivity index (χ2v) is 7.96. The summed E-state index contributed by atoms with van der Waals surface area (Å²) in [7, 11) is -2.22. The third kappa shape index (κ3) is 4.98. The molecule has 6 heteroatoms. The van der Waals surface area contributed by atoms with Gasteiger partial charge in [-0.3, -0.25) is 0 Å². The van der Waals surface area contributed by atoms with Crippen LogP contribution in [0.15, 0.2) is 23.1 Å². The number of nitrogens with one attached hydrogen (secondary N) is 1. The number of hydrogen-bond donors (Lipinski definition) is 2. The number of ether oxygens (including phenoxy) is 1. The second kappa shape index (κ2) is 6.77. The Morgan fingerprint density at radius 3 is 2.48 bits per heavy atom. The zero-order chi connectivity index (χ0) is 16.3. The summed E-state index contributed by atoms with van der Waals surface area (Å²) in [6.45, 7) is 7.74. The van der Waals surface area contributed by atoms with Gasteiger partial charge in [0, 0.05) is 6.54 Å². The summed E-state index contributed by atoms with van der Waals surface area (Å²) in [6.07, 6.45) is -0.212. The maximum absolute atomic E-state index is 12.3. The van der Waals surface area contributed by atoms with Crippen LogP contribution in [-0.4, -0.2) is 33.3 Å². The molecule has 0 radical (unpaired) electrons. The third-order valence-electron chi connectivity index (χ3n) is 3.32. The van der Waals surface area contributed by atoms with E-state index in [1.165, 1.54) is 7.11 Å². The summed E-state index contributed by atoms with van der Waals surface area (Å²) in [6, 6.07) is 5.00. The molecule has 0 aliphatic heterocycles. The molecule has 0 fully saturated rings. The van der Waals surface area contributed by atoms with E-state index in [2.05, 4.69) is 4.72 Å². The van der Waals surface area contributed by atoms with Crippen molar-refractivity contribution in [3.8, 4) is 5.75 Å². The highest BCUT2D eigenvalue weighted by atomic mass is 32.2. The number of sulfonamides is 1. The fourth-order valence-corrected chi connectivity index (χ4v) is 3.13. The molecule has 120 valence electrons. The van der Waals surface area contributed by atoms with Crippen molar-refractivity contribution >= 4 is 10.0 Å². The van der Waals surface area contributed by atoms with Gasteiger partial charge in [0.05, 0.1) is 13.2 Å². The predicted molar refractivity (Wildman–Crippen MR) is 83.0 cm³/mol. The van der Waals surface area contributed by atoms with Gasteiger partial charge in [0.1, 0.15) is 10.6 Å². The SMILES string of the molecule is COc1ccc(C)cc1S(=O)(=O)NCC[C@H](O)C(C)(C)C. The van der Waals surface area contributed by atoms with E-state index in [-0.39, 0.29) is 16.9 Å². The van der Waals surface area contributed by atoms with Crippen LogP contribution in [0.2, 0.25) is 0 Å². The molecule has 1 aromatic carbocycles. The van der Waals surface area contributed by atoms with Crippen LogP contribution in [-0.2, 0) is 10.0 Å². The lowest BCUT2D eigenvalue weighted by Gasteiger charge is -2.25. The number of methoxy groups -OCH3 is 1. The van der Waals surface area contributed by atoms with Gasteiger partial charge in [-0.2, -0.15) is 0 Å². The van der Waals surface area contributed by atoms with Gasteiger partial charge in [-0.15, -0.1) is 0 Å². The first kappa shape index (κ1) is 17.9. The smallest absolute Gasteiger partial charge is 0.244 e. The summed E-state index contributed by atoms with van der Waals surface area (Å²) in [4.78, 5) is 0.121. The van der Waals surface area contributed by atoms with Gasteiger partial charge in [-0.25, -0.2) is 13.1 Å². The van der Waals surface area contributed by atoms with Crippen LogP contribution in [0.4, 0.5) is 0 Å². The van der Waals surface area contributed by atoms with E-state index >= 15 is 0 Å². The Morgan fingerprint density at radius 2 is 1.95 bits per heavy atom. The van der Waals surface area contributed by atoms with Gasteiger partial charge in [0.25, 0.3) is 0 Å². The normalized spacial score (nSPS) is 14.0. The summed E-state index contributed by atoms with van der Waals surface area (Å²) >= 11 is 0. The minimum Gasteiger partial charge on any atom is -0.495 e. The quantitative estimate of drug-likeness (QED) is 0.843. The van der Waals surface area contributed by atoms with Crippen molar-refractivity contribution in [1.82, 2.24) is 4.72 Å². The number of benzene rings is 1. The van der Waals surface area contributed by atoms with E-state index in [0.29, 0.717) is 12.2 Å². The molecule has 21 heavy (non-hydrogen) atoms. The van der Waals surface area contributed by atoms with E-state index in [1.54, 1.807) is 18.2 Å². The van der Waals surface area contributed by atoms with Crippen LogP contribution < -0.4 is 9.46 Å². The molecule has 0 aliphatic carbocycles. The van der Waals surface area contributed by atoms with Gasteiger partial charge in [0.15, 0.2) is 0 Å². The molecular weight excluding hydrogens is 290 g/mol.